The zero-order chi connectivity index (χ0) is 15.9. The van der Waals surface area contributed by atoms with Crippen LogP contribution in [-0.4, -0.2) is 71.3 Å². The van der Waals surface area contributed by atoms with Crippen LogP contribution < -0.4 is 5.32 Å². The predicted molar refractivity (Wildman–Crippen MR) is 92.1 cm³/mol. The van der Waals surface area contributed by atoms with Gasteiger partial charge < -0.3 is 15.1 Å². The Labute approximate surface area is 137 Å². The van der Waals surface area contributed by atoms with Crippen molar-refractivity contribution in [2.75, 3.05) is 46.3 Å². The van der Waals surface area contributed by atoms with Crippen LogP contribution in [0.15, 0.2) is 30.7 Å². The van der Waals surface area contributed by atoms with Crippen molar-refractivity contribution < 1.29 is 0 Å². The lowest BCUT2D eigenvalue weighted by molar-refractivity contribution is 0.153. The van der Waals surface area contributed by atoms with Crippen LogP contribution in [0.3, 0.4) is 0 Å². The van der Waals surface area contributed by atoms with E-state index in [-0.39, 0.29) is 0 Å². The second-order valence-corrected chi connectivity index (χ2v) is 6.19. The summed E-state index contributed by atoms with van der Waals surface area (Å²) in [6.07, 6.45) is 6.74. The topological polar surface area (TPSA) is 60.1 Å². The molecule has 1 aliphatic heterocycles. The lowest BCUT2D eigenvalue weighted by Crippen LogP contribution is -2.45. The lowest BCUT2D eigenvalue weighted by atomic mass is 10.1. The summed E-state index contributed by atoms with van der Waals surface area (Å²) in [6.45, 7) is 7.83. The average molecular weight is 314 g/mol. The summed E-state index contributed by atoms with van der Waals surface area (Å²) in [5, 5.41) is 10.8. The normalized spacial score (nSPS) is 16.7. The molecule has 2 aromatic heterocycles. The molecule has 3 rings (SSSR count). The fourth-order valence-corrected chi connectivity index (χ4v) is 2.93. The van der Waals surface area contributed by atoms with Gasteiger partial charge in [-0.15, -0.1) is 0 Å². The van der Waals surface area contributed by atoms with Crippen LogP contribution >= 0.6 is 0 Å². The van der Waals surface area contributed by atoms with E-state index >= 15 is 0 Å². The number of aromatic nitrogens is 3. The van der Waals surface area contributed by atoms with E-state index in [1.54, 1.807) is 6.20 Å². The predicted octanol–water partition coefficient (Wildman–Crippen LogP) is 1.20. The van der Waals surface area contributed by atoms with Gasteiger partial charge in [-0.2, -0.15) is 5.10 Å². The molecule has 0 aromatic carbocycles. The summed E-state index contributed by atoms with van der Waals surface area (Å²) in [4.78, 5) is 9.12. The van der Waals surface area contributed by atoms with Crippen LogP contribution in [0.4, 0.5) is 0 Å². The third-order valence-corrected chi connectivity index (χ3v) is 4.41. The van der Waals surface area contributed by atoms with Crippen LogP contribution in [0, 0.1) is 0 Å². The first-order valence-corrected chi connectivity index (χ1v) is 8.37. The molecule has 0 atom stereocenters. The molecule has 0 bridgehead atoms. The van der Waals surface area contributed by atoms with Crippen molar-refractivity contribution in [3.05, 3.63) is 36.3 Å². The van der Waals surface area contributed by atoms with Crippen LogP contribution in [-0.2, 0) is 6.54 Å². The van der Waals surface area contributed by atoms with Crippen LogP contribution in [0.25, 0.3) is 11.3 Å². The van der Waals surface area contributed by atoms with E-state index in [0.717, 1.165) is 24.3 Å². The Morgan fingerprint density at radius 3 is 2.87 bits per heavy atom. The van der Waals surface area contributed by atoms with Crippen LogP contribution in [0.5, 0.6) is 0 Å². The molecule has 0 radical (unpaired) electrons. The smallest absolute Gasteiger partial charge is 0.0710 e. The third kappa shape index (κ3) is 4.60. The third-order valence-electron chi connectivity index (χ3n) is 4.41. The first-order valence-electron chi connectivity index (χ1n) is 8.37. The number of piperazine rings is 1. The Morgan fingerprint density at radius 2 is 2.09 bits per heavy atom. The van der Waals surface area contributed by atoms with E-state index in [4.69, 9.17) is 0 Å². The van der Waals surface area contributed by atoms with Crippen LogP contribution in [0.1, 0.15) is 12.0 Å². The second kappa shape index (κ2) is 8.19. The van der Waals surface area contributed by atoms with Crippen molar-refractivity contribution in [2.45, 2.75) is 13.0 Å². The molecule has 2 aromatic rings. The maximum absolute atomic E-state index is 4.17. The molecule has 0 aliphatic carbocycles. The number of hydrogen-bond donors (Lipinski definition) is 2. The van der Waals surface area contributed by atoms with Gasteiger partial charge in [-0.25, -0.2) is 0 Å². The van der Waals surface area contributed by atoms with Gasteiger partial charge in [0, 0.05) is 56.2 Å². The molecule has 1 saturated heterocycles. The SMILES string of the molecule is CN1CCN(CCCNCc2cn[nH]c2-c2cccnc2)CC1. The number of likely N-dealkylation sites (N-methyl/N-ethyl adjacent to an activating group) is 1. The molecule has 1 fully saturated rings. The van der Waals surface area contributed by atoms with Crippen molar-refractivity contribution >= 4 is 0 Å². The van der Waals surface area contributed by atoms with E-state index in [1.165, 1.54) is 44.7 Å². The highest BCUT2D eigenvalue weighted by atomic mass is 15.2. The molecular formula is C17H26N6. The zero-order valence-electron chi connectivity index (χ0n) is 13.8. The molecule has 0 amide bonds. The number of nitrogens with zero attached hydrogens (tertiary/aromatic N) is 4. The first kappa shape index (κ1) is 16.1. The first-order chi connectivity index (χ1) is 11.3. The minimum Gasteiger partial charge on any atom is -0.312 e. The molecule has 1 aliphatic rings. The molecule has 0 unspecified atom stereocenters. The molecule has 124 valence electrons. The van der Waals surface area contributed by atoms with E-state index in [1.807, 2.05) is 18.5 Å². The van der Waals surface area contributed by atoms with Crippen molar-refractivity contribution in [3.8, 4) is 11.3 Å². The van der Waals surface area contributed by atoms with Gasteiger partial charge >= 0.3 is 0 Å². The highest BCUT2D eigenvalue weighted by Gasteiger charge is 2.12. The molecule has 6 heteroatoms. The largest absolute Gasteiger partial charge is 0.312 e. The van der Waals surface area contributed by atoms with Crippen molar-refractivity contribution in [3.63, 3.8) is 0 Å². The lowest BCUT2D eigenvalue weighted by Gasteiger charge is -2.32. The number of nitrogens with one attached hydrogen (secondary N) is 2. The Kier molecular flexibility index (Phi) is 5.74. The molecular weight excluding hydrogens is 288 g/mol. The maximum Gasteiger partial charge on any atom is 0.0710 e. The minimum absolute atomic E-state index is 0.837. The standard InChI is InChI=1S/C17H26N6/c1-22-8-10-23(11-9-22)7-3-6-19-13-16-14-20-21-17(16)15-4-2-5-18-12-15/h2,4-5,12,14,19H,3,6-11,13H2,1H3,(H,20,21). The van der Waals surface area contributed by atoms with Gasteiger partial charge in [0.2, 0.25) is 0 Å². The van der Waals surface area contributed by atoms with Gasteiger partial charge in [0.25, 0.3) is 0 Å². The average Bonchev–Trinajstić information content (AvgIpc) is 3.05. The summed E-state index contributed by atoms with van der Waals surface area (Å²) in [5.41, 5.74) is 3.33. The van der Waals surface area contributed by atoms with Gasteiger partial charge in [0.15, 0.2) is 0 Å². The van der Waals surface area contributed by atoms with E-state index in [0.29, 0.717) is 0 Å². The summed E-state index contributed by atoms with van der Waals surface area (Å²) in [5.74, 6) is 0. The quantitative estimate of drug-likeness (QED) is 0.752. The van der Waals surface area contributed by atoms with Crippen LogP contribution in [0.2, 0.25) is 0 Å². The van der Waals surface area contributed by atoms with Gasteiger partial charge in [-0.3, -0.25) is 10.1 Å². The minimum atomic E-state index is 0.837. The monoisotopic (exact) mass is 314 g/mol. The number of aromatic amines is 1. The zero-order valence-corrected chi connectivity index (χ0v) is 13.8. The van der Waals surface area contributed by atoms with E-state index in [2.05, 4.69) is 43.4 Å². The fourth-order valence-electron chi connectivity index (χ4n) is 2.93. The Bertz CT molecular complexity index is 574. The molecule has 3 heterocycles. The van der Waals surface area contributed by atoms with Crippen molar-refractivity contribution in [1.29, 1.82) is 0 Å². The Hall–Kier alpha value is -1.76. The number of H-pyrrole nitrogens is 1. The Morgan fingerprint density at radius 1 is 1.22 bits per heavy atom. The van der Waals surface area contributed by atoms with Crippen molar-refractivity contribution in [1.82, 2.24) is 30.3 Å². The highest BCUT2D eigenvalue weighted by Crippen LogP contribution is 2.19. The van der Waals surface area contributed by atoms with E-state index < -0.39 is 0 Å². The molecule has 2 N–H and O–H groups in total. The highest BCUT2D eigenvalue weighted by molar-refractivity contribution is 5.61. The van der Waals surface area contributed by atoms with Gasteiger partial charge in [0.1, 0.15) is 0 Å². The molecule has 0 saturated carbocycles. The van der Waals surface area contributed by atoms with Gasteiger partial charge in [-0.1, -0.05) is 0 Å². The number of rotatable bonds is 7. The van der Waals surface area contributed by atoms with E-state index in [9.17, 15) is 0 Å². The maximum atomic E-state index is 4.17. The number of hydrogen-bond acceptors (Lipinski definition) is 5. The molecule has 23 heavy (non-hydrogen) atoms. The second-order valence-electron chi connectivity index (χ2n) is 6.19. The summed E-state index contributed by atoms with van der Waals surface area (Å²) >= 11 is 0. The Balaban J connectivity index is 1.39. The summed E-state index contributed by atoms with van der Waals surface area (Å²) in [7, 11) is 2.20. The molecule has 0 spiro atoms. The van der Waals surface area contributed by atoms with Gasteiger partial charge in [0.05, 0.1) is 11.9 Å². The molecule has 6 nitrogen and oxygen atoms in total. The summed E-state index contributed by atoms with van der Waals surface area (Å²) in [6, 6.07) is 4.00. The number of pyridine rings is 1. The van der Waals surface area contributed by atoms with Crippen molar-refractivity contribution in [2.24, 2.45) is 0 Å². The van der Waals surface area contributed by atoms with Gasteiger partial charge in [-0.05, 0) is 38.7 Å². The fraction of sp³-hybridized carbons (Fsp3) is 0.529. The summed E-state index contributed by atoms with van der Waals surface area (Å²) < 4.78 is 0.